The Morgan fingerprint density at radius 1 is 0.342 bits per heavy atom. The molecule has 4 nitrogen and oxygen atoms in total. The molecule has 0 unspecified atom stereocenters. The third kappa shape index (κ3) is 7.19. The SMILES string of the molecule is CC1(C)c2c(ccc3cc(N(c4ccccc4)c4cccc5c4oc4c(C6CCCCC6)cccc45)ccc23)-c2c1c1ccc(N(c3ccccc3)c3cccc4c3oc3c(C5CCCCC5)cccc34)cc1c1ccccc21. The van der Waals surface area contributed by atoms with Gasteiger partial charge in [0, 0.05) is 49.7 Å². The number of fused-ring (bicyclic) bond motifs is 16. The minimum Gasteiger partial charge on any atom is -0.454 e. The molecule has 2 heterocycles. The van der Waals surface area contributed by atoms with Crippen LogP contribution in [-0.2, 0) is 5.41 Å². The molecule has 11 aromatic carbocycles. The van der Waals surface area contributed by atoms with Gasteiger partial charge in [-0.2, -0.15) is 0 Å². The van der Waals surface area contributed by atoms with Gasteiger partial charge in [0.2, 0.25) is 0 Å². The first-order chi connectivity index (χ1) is 39.0. The normalized spacial score (nSPS) is 15.7. The average molecular weight is 1020 g/mol. The third-order valence-corrected chi connectivity index (χ3v) is 18.7. The maximum atomic E-state index is 7.18. The second kappa shape index (κ2) is 18.2. The summed E-state index contributed by atoms with van der Waals surface area (Å²) in [4.78, 5) is 4.82. The number of para-hydroxylation sites is 6. The van der Waals surface area contributed by atoms with E-state index in [1.54, 1.807) is 0 Å². The number of anilines is 6. The molecule has 0 spiro atoms. The number of rotatable bonds is 8. The van der Waals surface area contributed by atoms with E-state index in [2.05, 4.69) is 230 Å². The lowest BCUT2D eigenvalue weighted by Crippen LogP contribution is -2.16. The fourth-order valence-electron chi connectivity index (χ4n) is 15.2. The predicted octanol–water partition coefficient (Wildman–Crippen LogP) is 22.3. The van der Waals surface area contributed by atoms with E-state index in [9.17, 15) is 0 Å². The van der Waals surface area contributed by atoms with Crippen molar-refractivity contribution in [3.63, 3.8) is 0 Å². The van der Waals surface area contributed by atoms with E-state index in [1.165, 1.54) is 141 Å². The molecule has 0 aliphatic heterocycles. The first kappa shape index (κ1) is 46.5. The minimum atomic E-state index is -0.320. The monoisotopic (exact) mass is 1020 g/mol. The van der Waals surface area contributed by atoms with Gasteiger partial charge >= 0.3 is 0 Å². The molecule has 0 radical (unpaired) electrons. The largest absolute Gasteiger partial charge is 0.454 e. The van der Waals surface area contributed by atoms with Crippen molar-refractivity contribution >= 4 is 110 Å². The Balaban J connectivity index is 0.840. The maximum Gasteiger partial charge on any atom is 0.159 e. The van der Waals surface area contributed by atoms with Crippen molar-refractivity contribution in [3.05, 3.63) is 229 Å². The molecule has 3 aliphatic rings. The maximum absolute atomic E-state index is 7.18. The zero-order chi connectivity index (χ0) is 52.3. The molecule has 0 amide bonds. The van der Waals surface area contributed by atoms with Gasteiger partial charge in [0.15, 0.2) is 11.2 Å². The van der Waals surface area contributed by atoms with Gasteiger partial charge in [0.1, 0.15) is 11.2 Å². The Labute approximate surface area is 461 Å². The van der Waals surface area contributed by atoms with Crippen molar-refractivity contribution in [1.82, 2.24) is 0 Å². The topological polar surface area (TPSA) is 32.8 Å². The summed E-state index contributed by atoms with van der Waals surface area (Å²) in [5, 5.41) is 12.3. The van der Waals surface area contributed by atoms with E-state index in [0.717, 1.165) is 67.2 Å². The Bertz CT molecular complexity index is 4550. The van der Waals surface area contributed by atoms with Crippen LogP contribution in [0.1, 0.15) is 112 Å². The molecule has 4 heteroatoms. The highest BCUT2D eigenvalue weighted by Crippen LogP contribution is 2.58. The second-order valence-electron chi connectivity index (χ2n) is 23.5. The Morgan fingerprint density at radius 3 is 1.37 bits per heavy atom. The summed E-state index contributed by atoms with van der Waals surface area (Å²) in [6, 6.07) is 76.9. The molecule has 0 bridgehead atoms. The number of hydrogen-bond donors (Lipinski definition) is 0. The van der Waals surface area contributed by atoms with Gasteiger partial charge < -0.3 is 18.6 Å². The summed E-state index contributed by atoms with van der Waals surface area (Å²) in [6.07, 6.45) is 12.7. The predicted molar refractivity (Wildman–Crippen MR) is 332 cm³/mol. The molecular formula is C75H62N2O2. The van der Waals surface area contributed by atoms with Crippen molar-refractivity contribution in [2.24, 2.45) is 0 Å². The summed E-state index contributed by atoms with van der Waals surface area (Å²) >= 11 is 0. The van der Waals surface area contributed by atoms with Gasteiger partial charge in [-0.15, -0.1) is 0 Å². The first-order valence-corrected chi connectivity index (χ1v) is 29.1. The molecule has 2 fully saturated rings. The molecule has 3 aliphatic carbocycles. The van der Waals surface area contributed by atoms with Gasteiger partial charge in [0.25, 0.3) is 0 Å². The van der Waals surface area contributed by atoms with Crippen molar-refractivity contribution in [1.29, 1.82) is 0 Å². The number of furan rings is 2. The van der Waals surface area contributed by atoms with E-state index in [-0.39, 0.29) is 5.41 Å². The highest BCUT2D eigenvalue weighted by atomic mass is 16.3. The molecule has 2 aromatic heterocycles. The number of nitrogens with zero attached hydrogens (tertiary/aromatic N) is 2. The smallest absolute Gasteiger partial charge is 0.159 e. The number of hydrogen-bond acceptors (Lipinski definition) is 4. The van der Waals surface area contributed by atoms with Crippen LogP contribution in [0.15, 0.2) is 215 Å². The minimum absolute atomic E-state index is 0.320. The van der Waals surface area contributed by atoms with Crippen LogP contribution >= 0.6 is 0 Å². The van der Waals surface area contributed by atoms with Crippen LogP contribution in [0.25, 0.3) is 87.3 Å². The molecule has 0 saturated heterocycles. The molecular weight excluding hydrogens is 961 g/mol. The highest BCUT2D eigenvalue weighted by Gasteiger charge is 2.40. The van der Waals surface area contributed by atoms with Gasteiger partial charge in [-0.05, 0) is 164 Å². The lowest BCUT2D eigenvalue weighted by atomic mass is 9.77. The van der Waals surface area contributed by atoms with E-state index in [4.69, 9.17) is 8.83 Å². The van der Waals surface area contributed by atoms with E-state index < -0.39 is 0 Å². The van der Waals surface area contributed by atoms with E-state index in [0.29, 0.717) is 11.8 Å². The fraction of sp³-hybridized carbons (Fsp3) is 0.200. The van der Waals surface area contributed by atoms with Crippen LogP contribution in [0.2, 0.25) is 0 Å². The van der Waals surface area contributed by atoms with Crippen LogP contribution in [0.5, 0.6) is 0 Å². The standard InChI is InChI=1S/C75H62N2O2/c1-75(2)69-54-43-40-52(76(50-25-11-5-12-26-50)66-37-19-35-62-60-33-17-31-55(71(60)78-73(62)66)47-21-7-3-8-22-47)45-49(54)39-42-64(69)68-58-30-16-15-29-57(58)65-46-53(41-44-59(65)70(68)75)77(51-27-13-6-14-28-51)67-38-20-36-63-61-34-18-32-56(72(61)79-74(63)67)48-23-9-4-10-24-48/h5-6,11-20,25-48H,3-4,7-10,21-24H2,1-2H3. The van der Waals surface area contributed by atoms with Crippen molar-refractivity contribution in [3.8, 4) is 11.1 Å². The quantitative estimate of drug-likeness (QED) is 0.142. The lowest BCUT2D eigenvalue weighted by Gasteiger charge is -2.28. The lowest BCUT2D eigenvalue weighted by molar-refractivity contribution is 0.442. The van der Waals surface area contributed by atoms with Crippen molar-refractivity contribution < 1.29 is 8.83 Å². The Morgan fingerprint density at radius 2 is 0.810 bits per heavy atom. The van der Waals surface area contributed by atoms with Gasteiger partial charge in [-0.1, -0.05) is 198 Å². The van der Waals surface area contributed by atoms with Crippen LogP contribution in [-0.4, -0.2) is 0 Å². The molecule has 2 saturated carbocycles. The summed E-state index contributed by atoms with van der Waals surface area (Å²) in [6.45, 7) is 4.90. The third-order valence-electron chi connectivity index (χ3n) is 18.7. The Kier molecular flexibility index (Phi) is 10.7. The molecule has 384 valence electrons. The summed E-state index contributed by atoms with van der Waals surface area (Å²) in [5.74, 6) is 1.07. The van der Waals surface area contributed by atoms with Crippen molar-refractivity contribution in [2.45, 2.75) is 95.3 Å². The Hall–Kier alpha value is -8.60. The zero-order valence-electron chi connectivity index (χ0n) is 45.1. The van der Waals surface area contributed by atoms with Crippen LogP contribution in [0, 0.1) is 0 Å². The first-order valence-electron chi connectivity index (χ1n) is 29.1. The molecule has 13 aromatic rings. The fourth-order valence-corrected chi connectivity index (χ4v) is 15.2. The van der Waals surface area contributed by atoms with E-state index >= 15 is 0 Å². The molecule has 0 N–H and O–H groups in total. The highest BCUT2D eigenvalue weighted by molar-refractivity contribution is 6.21. The zero-order valence-corrected chi connectivity index (χ0v) is 45.1. The summed E-state index contributed by atoms with van der Waals surface area (Å²) in [5.41, 5.74) is 18.3. The average Bonchev–Trinajstić information content (AvgIpc) is 3.61. The van der Waals surface area contributed by atoms with E-state index in [1.807, 2.05) is 0 Å². The van der Waals surface area contributed by atoms with Gasteiger partial charge in [-0.3, -0.25) is 0 Å². The molecule has 16 rings (SSSR count). The summed E-state index contributed by atoms with van der Waals surface area (Å²) in [7, 11) is 0. The van der Waals surface area contributed by atoms with Crippen LogP contribution in [0.3, 0.4) is 0 Å². The second-order valence-corrected chi connectivity index (χ2v) is 23.5. The summed E-state index contributed by atoms with van der Waals surface area (Å²) < 4.78 is 14.3. The van der Waals surface area contributed by atoms with Crippen LogP contribution < -0.4 is 9.80 Å². The number of benzene rings is 11. The van der Waals surface area contributed by atoms with Crippen LogP contribution in [0.4, 0.5) is 34.1 Å². The van der Waals surface area contributed by atoms with Crippen molar-refractivity contribution in [2.75, 3.05) is 9.80 Å². The van der Waals surface area contributed by atoms with Gasteiger partial charge in [-0.25, -0.2) is 0 Å². The molecule has 79 heavy (non-hydrogen) atoms. The van der Waals surface area contributed by atoms with Gasteiger partial charge in [0.05, 0.1) is 11.4 Å². The molecule has 0 atom stereocenters.